The number of aromatic amines is 1. The molecular formula is C29H29N3O2S. The summed E-state index contributed by atoms with van der Waals surface area (Å²) in [5, 5.41) is 5.94. The molecule has 0 unspecified atom stereocenters. The van der Waals surface area contributed by atoms with Crippen molar-refractivity contribution < 1.29 is 9.59 Å². The van der Waals surface area contributed by atoms with Crippen LogP contribution in [0.15, 0.2) is 53.9 Å². The summed E-state index contributed by atoms with van der Waals surface area (Å²) < 4.78 is 0. The first-order chi connectivity index (χ1) is 16.9. The number of carbonyl (C=O) groups is 2. The standard InChI is InChI=1S/C29H29N3O2S/c1-5-13-30-28(34)27-19(3)25(31-20(27)4)15-23(16-33)24-14-22(12-11-18(24)2)26-17-35-29(32-26)21-9-7-6-8-10-21/h6-12,14-17,31H,5,13H2,1-4H3,(H,30,34)/b23-15+. The molecule has 4 aromatic rings. The summed E-state index contributed by atoms with van der Waals surface area (Å²) in [6, 6.07) is 16.2. The Morgan fingerprint density at radius 3 is 2.57 bits per heavy atom. The molecule has 0 saturated carbocycles. The number of benzene rings is 2. The summed E-state index contributed by atoms with van der Waals surface area (Å²) in [5.74, 6) is -0.0960. The molecule has 178 valence electrons. The molecule has 2 aromatic heterocycles. The molecule has 0 aliphatic heterocycles. The fraction of sp³-hybridized carbons (Fsp3) is 0.207. The van der Waals surface area contributed by atoms with E-state index in [2.05, 4.69) is 10.3 Å². The minimum Gasteiger partial charge on any atom is -0.358 e. The molecule has 0 aliphatic rings. The minimum atomic E-state index is -0.0960. The van der Waals surface area contributed by atoms with E-state index in [9.17, 15) is 9.59 Å². The van der Waals surface area contributed by atoms with Crippen LogP contribution in [0.5, 0.6) is 0 Å². The van der Waals surface area contributed by atoms with Crippen molar-refractivity contribution >= 4 is 35.2 Å². The van der Waals surface area contributed by atoms with Gasteiger partial charge in [0.2, 0.25) is 0 Å². The van der Waals surface area contributed by atoms with Crippen LogP contribution >= 0.6 is 11.3 Å². The van der Waals surface area contributed by atoms with Crippen LogP contribution in [0.3, 0.4) is 0 Å². The minimum absolute atomic E-state index is 0.0960. The Bertz CT molecular complexity index is 1400. The van der Waals surface area contributed by atoms with E-state index >= 15 is 0 Å². The summed E-state index contributed by atoms with van der Waals surface area (Å²) in [6.45, 7) is 8.42. The van der Waals surface area contributed by atoms with E-state index in [-0.39, 0.29) is 5.91 Å². The van der Waals surface area contributed by atoms with E-state index in [0.29, 0.717) is 17.7 Å². The van der Waals surface area contributed by atoms with Crippen molar-refractivity contribution in [2.45, 2.75) is 34.1 Å². The van der Waals surface area contributed by atoms with Crippen LogP contribution in [0.2, 0.25) is 0 Å². The number of aromatic nitrogens is 2. The lowest BCUT2D eigenvalue weighted by Crippen LogP contribution is -2.24. The number of nitrogens with one attached hydrogen (secondary N) is 2. The number of nitrogens with zero attached hydrogens (tertiary/aromatic N) is 1. The normalized spacial score (nSPS) is 11.5. The highest BCUT2D eigenvalue weighted by atomic mass is 32.1. The number of allylic oxidation sites excluding steroid dienone is 1. The van der Waals surface area contributed by atoms with Crippen LogP contribution in [0, 0.1) is 20.8 Å². The van der Waals surface area contributed by atoms with Crippen molar-refractivity contribution in [3.05, 3.63) is 87.6 Å². The SMILES string of the molecule is CCCNC(=O)c1c(C)[nH]c(/C=C(\C=O)c2cc(-c3csc(-c4ccccc4)n3)ccc2C)c1C. The zero-order chi connectivity index (χ0) is 24.9. The van der Waals surface area contributed by atoms with Gasteiger partial charge in [-0.25, -0.2) is 4.98 Å². The van der Waals surface area contributed by atoms with Gasteiger partial charge in [-0.3, -0.25) is 9.59 Å². The third-order valence-corrected chi connectivity index (χ3v) is 6.93. The largest absolute Gasteiger partial charge is 0.358 e. The number of thiazole rings is 1. The van der Waals surface area contributed by atoms with Crippen molar-refractivity contribution in [3.8, 4) is 21.8 Å². The molecule has 2 aromatic carbocycles. The Hall–Kier alpha value is -3.77. The van der Waals surface area contributed by atoms with Gasteiger partial charge >= 0.3 is 0 Å². The van der Waals surface area contributed by atoms with Gasteiger partial charge in [0.15, 0.2) is 6.29 Å². The van der Waals surface area contributed by atoms with E-state index < -0.39 is 0 Å². The number of amides is 1. The van der Waals surface area contributed by atoms with Crippen molar-refractivity contribution in [3.63, 3.8) is 0 Å². The number of H-pyrrole nitrogens is 1. The summed E-state index contributed by atoms with van der Waals surface area (Å²) in [4.78, 5) is 32.9. The fourth-order valence-corrected chi connectivity index (χ4v) is 4.96. The number of hydrogen-bond donors (Lipinski definition) is 2. The molecule has 2 heterocycles. The highest BCUT2D eigenvalue weighted by molar-refractivity contribution is 7.13. The Kier molecular flexibility index (Phi) is 7.42. The predicted octanol–water partition coefficient (Wildman–Crippen LogP) is 6.61. The highest BCUT2D eigenvalue weighted by Gasteiger charge is 2.18. The molecule has 0 spiro atoms. The zero-order valence-corrected chi connectivity index (χ0v) is 21.3. The summed E-state index contributed by atoms with van der Waals surface area (Å²) in [5.41, 5.74) is 8.31. The van der Waals surface area contributed by atoms with Gasteiger partial charge in [-0.05, 0) is 56.0 Å². The quantitative estimate of drug-likeness (QED) is 0.219. The lowest BCUT2D eigenvalue weighted by atomic mass is 9.96. The summed E-state index contributed by atoms with van der Waals surface area (Å²) in [6.07, 6.45) is 3.57. The first-order valence-corrected chi connectivity index (χ1v) is 12.6. The van der Waals surface area contributed by atoms with Crippen LogP contribution in [-0.2, 0) is 4.79 Å². The van der Waals surface area contributed by atoms with Gasteiger partial charge in [-0.15, -0.1) is 11.3 Å². The maximum Gasteiger partial charge on any atom is 0.253 e. The molecule has 5 nitrogen and oxygen atoms in total. The van der Waals surface area contributed by atoms with Gasteiger partial charge in [-0.1, -0.05) is 49.4 Å². The van der Waals surface area contributed by atoms with Crippen LogP contribution in [0.1, 0.15) is 51.8 Å². The third kappa shape index (κ3) is 5.17. The number of hydrogen-bond acceptors (Lipinski definition) is 4. The predicted molar refractivity (Wildman–Crippen MR) is 145 cm³/mol. The maximum absolute atomic E-state index is 12.6. The van der Waals surface area contributed by atoms with Crippen LogP contribution < -0.4 is 5.32 Å². The van der Waals surface area contributed by atoms with E-state index in [4.69, 9.17) is 4.98 Å². The lowest BCUT2D eigenvalue weighted by molar-refractivity contribution is -0.103. The second kappa shape index (κ2) is 10.7. The number of carbonyl (C=O) groups excluding carboxylic acids is 2. The Morgan fingerprint density at radius 2 is 1.86 bits per heavy atom. The lowest BCUT2D eigenvalue weighted by Gasteiger charge is -2.08. The van der Waals surface area contributed by atoms with Gasteiger partial charge < -0.3 is 10.3 Å². The average molecular weight is 484 g/mol. The molecule has 35 heavy (non-hydrogen) atoms. The average Bonchev–Trinajstić information content (AvgIpc) is 3.47. The third-order valence-electron chi connectivity index (χ3n) is 6.03. The van der Waals surface area contributed by atoms with Crippen molar-refractivity contribution in [1.29, 1.82) is 0 Å². The number of rotatable bonds is 8. The van der Waals surface area contributed by atoms with Crippen LogP contribution in [-0.4, -0.2) is 28.7 Å². The Balaban J connectivity index is 1.70. The monoisotopic (exact) mass is 483 g/mol. The molecule has 0 aliphatic carbocycles. The van der Waals surface area contributed by atoms with Crippen molar-refractivity contribution in [2.24, 2.45) is 0 Å². The van der Waals surface area contributed by atoms with Gasteiger partial charge in [-0.2, -0.15) is 0 Å². The topological polar surface area (TPSA) is 74.8 Å². The highest BCUT2D eigenvalue weighted by Crippen LogP contribution is 2.32. The van der Waals surface area contributed by atoms with Crippen LogP contribution in [0.4, 0.5) is 0 Å². The smallest absolute Gasteiger partial charge is 0.253 e. The second-order valence-corrected chi connectivity index (χ2v) is 9.43. The molecule has 6 heteroatoms. The van der Waals surface area contributed by atoms with E-state index in [1.54, 1.807) is 11.3 Å². The molecule has 0 fully saturated rings. The van der Waals surface area contributed by atoms with Crippen LogP contribution in [0.25, 0.3) is 33.5 Å². The van der Waals surface area contributed by atoms with E-state index in [1.165, 1.54) is 0 Å². The first-order valence-electron chi connectivity index (χ1n) is 11.7. The number of aryl methyl sites for hydroxylation is 2. The number of aldehydes is 1. The fourth-order valence-electron chi connectivity index (χ4n) is 4.13. The van der Waals surface area contributed by atoms with Gasteiger partial charge in [0.05, 0.1) is 11.3 Å². The van der Waals surface area contributed by atoms with Gasteiger partial charge in [0.1, 0.15) is 5.01 Å². The van der Waals surface area contributed by atoms with Gasteiger partial charge in [0.25, 0.3) is 5.91 Å². The van der Waals surface area contributed by atoms with Crippen molar-refractivity contribution in [1.82, 2.24) is 15.3 Å². The van der Waals surface area contributed by atoms with E-state index in [1.807, 2.05) is 87.7 Å². The molecule has 4 rings (SSSR count). The van der Waals surface area contributed by atoms with E-state index in [0.717, 1.165) is 62.6 Å². The molecule has 0 bridgehead atoms. The summed E-state index contributed by atoms with van der Waals surface area (Å²) in [7, 11) is 0. The molecule has 2 N–H and O–H groups in total. The van der Waals surface area contributed by atoms with Crippen molar-refractivity contribution in [2.75, 3.05) is 6.54 Å². The maximum atomic E-state index is 12.6. The Labute approximate surface area is 210 Å². The molecule has 0 atom stereocenters. The molecule has 0 radical (unpaired) electrons. The first kappa shape index (κ1) is 24.4. The Morgan fingerprint density at radius 1 is 1.09 bits per heavy atom. The van der Waals surface area contributed by atoms with Gasteiger partial charge in [0, 0.05) is 40.0 Å². The second-order valence-electron chi connectivity index (χ2n) is 8.57. The molecular weight excluding hydrogens is 454 g/mol. The summed E-state index contributed by atoms with van der Waals surface area (Å²) >= 11 is 1.60. The zero-order valence-electron chi connectivity index (χ0n) is 20.4. The molecule has 1 amide bonds. The molecule has 0 saturated heterocycles.